The fraction of sp³-hybridized carbons (Fsp3) is 0.261. The minimum absolute atomic E-state index is 0.115. The first-order valence-electron chi connectivity index (χ1n) is 9.64. The highest BCUT2D eigenvalue weighted by Gasteiger charge is 2.30. The molecule has 0 fully saturated rings. The number of amides is 1. The van der Waals surface area contributed by atoms with Crippen molar-refractivity contribution in [2.45, 2.75) is 37.1 Å². The third-order valence-corrected chi connectivity index (χ3v) is 7.17. The van der Waals surface area contributed by atoms with Crippen LogP contribution < -0.4 is 5.32 Å². The zero-order valence-corrected chi connectivity index (χ0v) is 18.4. The molecule has 0 unspecified atom stereocenters. The van der Waals surface area contributed by atoms with Gasteiger partial charge in [0.25, 0.3) is 5.91 Å². The summed E-state index contributed by atoms with van der Waals surface area (Å²) in [4.78, 5) is 13.3. The van der Waals surface area contributed by atoms with E-state index in [1.54, 1.807) is 61.1 Å². The number of rotatable bonds is 7. The van der Waals surface area contributed by atoms with Crippen molar-refractivity contribution >= 4 is 21.6 Å². The SMILES string of the molecule is COCCn1c(C)c(C)c(S(=O)(=O)c2ccccc2)c1NC(=O)c1ccccc1C. The van der Waals surface area contributed by atoms with Gasteiger partial charge in [0, 0.05) is 24.9 Å². The molecule has 6 nitrogen and oxygen atoms in total. The van der Waals surface area contributed by atoms with E-state index in [-0.39, 0.29) is 21.5 Å². The van der Waals surface area contributed by atoms with Crippen LogP contribution in [0.25, 0.3) is 0 Å². The number of benzene rings is 2. The van der Waals surface area contributed by atoms with Crippen LogP contribution in [-0.4, -0.2) is 32.6 Å². The quantitative estimate of drug-likeness (QED) is 0.616. The van der Waals surface area contributed by atoms with E-state index in [1.165, 1.54) is 0 Å². The Morgan fingerprint density at radius 3 is 2.27 bits per heavy atom. The van der Waals surface area contributed by atoms with Gasteiger partial charge in [0.1, 0.15) is 10.7 Å². The maximum Gasteiger partial charge on any atom is 0.257 e. The monoisotopic (exact) mass is 426 g/mol. The van der Waals surface area contributed by atoms with Crippen molar-refractivity contribution in [3.05, 3.63) is 77.0 Å². The number of methoxy groups -OCH3 is 1. The van der Waals surface area contributed by atoms with Crippen molar-refractivity contribution < 1.29 is 17.9 Å². The molecule has 1 N–H and O–H groups in total. The maximum absolute atomic E-state index is 13.5. The zero-order valence-electron chi connectivity index (χ0n) is 17.6. The molecular formula is C23H26N2O4S. The average Bonchev–Trinajstić information content (AvgIpc) is 2.97. The molecule has 0 spiro atoms. The summed E-state index contributed by atoms with van der Waals surface area (Å²) in [6.45, 7) is 6.25. The van der Waals surface area contributed by atoms with Crippen LogP contribution in [0.2, 0.25) is 0 Å². The topological polar surface area (TPSA) is 77.4 Å². The minimum atomic E-state index is -3.84. The lowest BCUT2D eigenvalue weighted by Crippen LogP contribution is -2.19. The molecule has 1 heterocycles. The summed E-state index contributed by atoms with van der Waals surface area (Å²) < 4.78 is 34.0. The molecule has 0 aliphatic heterocycles. The maximum atomic E-state index is 13.5. The van der Waals surface area contributed by atoms with Gasteiger partial charge in [0.2, 0.25) is 9.84 Å². The smallest absolute Gasteiger partial charge is 0.257 e. The predicted molar refractivity (Wildman–Crippen MR) is 117 cm³/mol. The highest BCUT2D eigenvalue weighted by molar-refractivity contribution is 7.91. The minimum Gasteiger partial charge on any atom is -0.383 e. The van der Waals surface area contributed by atoms with Gasteiger partial charge in [-0.3, -0.25) is 4.79 Å². The Kier molecular flexibility index (Phi) is 6.43. The molecule has 0 aliphatic carbocycles. The number of hydrogen-bond acceptors (Lipinski definition) is 4. The molecule has 7 heteroatoms. The van der Waals surface area contributed by atoms with Gasteiger partial charge in [0.15, 0.2) is 0 Å². The molecule has 30 heavy (non-hydrogen) atoms. The molecule has 0 aliphatic rings. The van der Waals surface area contributed by atoms with Gasteiger partial charge in [-0.25, -0.2) is 8.42 Å². The van der Waals surface area contributed by atoms with Crippen LogP contribution in [0.3, 0.4) is 0 Å². The summed E-state index contributed by atoms with van der Waals surface area (Å²) in [7, 11) is -2.26. The molecule has 2 aromatic carbocycles. The standard InChI is InChI=1S/C23H26N2O4S/c1-16-10-8-9-13-20(16)23(26)24-22-21(17(2)18(3)25(22)14-15-29-4)30(27,28)19-11-6-5-7-12-19/h5-13H,14-15H2,1-4H3,(H,24,26). The summed E-state index contributed by atoms with van der Waals surface area (Å²) in [5, 5.41) is 2.87. The van der Waals surface area contributed by atoms with Crippen LogP contribution in [0.5, 0.6) is 0 Å². The van der Waals surface area contributed by atoms with E-state index >= 15 is 0 Å². The van der Waals surface area contributed by atoms with Gasteiger partial charge >= 0.3 is 0 Å². The Hall–Kier alpha value is -2.90. The van der Waals surface area contributed by atoms with E-state index in [2.05, 4.69) is 5.32 Å². The van der Waals surface area contributed by atoms with Crippen LogP contribution in [0.1, 0.15) is 27.2 Å². The molecule has 0 saturated carbocycles. The van der Waals surface area contributed by atoms with Crippen LogP contribution in [0.15, 0.2) is 64.4 Å². The number of carbonyl (C=O) groups excluding carboxylic acids is 1. The van der Waals surface area contributed by atoms with Crippen LogP contribution in [0.4, 0.5) is 5.82 Å². The third-order valence-electron chi connectivity index (χ3n) is 5.24. The number of hydrogen-bond donors (Lipinski definition) is 1. The molecule has 0 atom stereocenters. The summed E-state index contributed by atoms with van der Waals surface area (Å²) in [6.07, 6.45) is 0. The Bertz CT molecular complexity index is 1170. The molecule has 1 amide bonds. The second-order valence-electron chi connectivity index (χ2n) is 7.12. The second-order valence-corrected chi connectivity index (χ2v) is 9.00. The number of carbonyl (C=O) groups is 1. The number of anilines is 1. The van der Waals surface area contributed by atoms with Crippen molar-refractivity contribution in [1.29, 1.82) is 0 Å². The summed E-state index contributed by atoms with van der Waals surface area (Å²) in [6, 6.07) is 15.5. The number of nitrogens with zero attached hydrogens (tertiary/aromatic N) is 1. The molecule has 1 aromatic heterocycles. The highest BCUT2D eigenvalue weighted by Crippen LogP contribution is 2.35. The van der Waals surface area contributed by atoms with E-state index in [4.69, 9.17) is 4.74 Å². The van der Waals surface area contributed by atoms with Crippen molar-refractivity contribution in [2.24, 2.45) is 0 Å². The largest absolute Gasteiger partial charge is 0.383 e. The van der Waals surface area contributed by atoms with Crippen LogP contribution in [0, 0.1) is 20.8 Å². The summed E-state index contributed by atoms with van der Waals surface area (Å²) in [5.41, 5.74) is 2.68. The normalized spacial score (nSPS) is 11.5. The van der Waals surface area contributed by atoms with Crippen molar-refractivity contribution in [2.75, 3.05) is 19.0 Å². The van der Waals surface area contributed by atoms with Gasteiger partial charge in [-0.05, 0) is 50.1 Å². The Morgan fingerprint density at radius 1 is 1.00 bits per heavy atom. The van der Waals surface area contributed by atoms with E-state index in [0.717, 1.165) is 11.3 Å². The molecular weight excluding hydrogens is 400 g/mol. The van der Waals surface area contributed by atoms with Crippen LogP contribution >= 0.6 is 0 Å². The molecule has 3 rings (SSSR count). The summed E-state index contributed by atoms with van der Waals surface area (Å²) >= 11 is 0. The predicted octanol–water partition coefficient (Wildman–Crippen LogP) is 4.14. The van der Waals surface area contributed by atoms with E-state index in [1.807, 2.05) is 26.0 Å². The molecule has 0 bridgehead atoms. The molecule has 158 valence electrons. The third kappa shape index (κ3) is 4.04. The Labute approximate surface area is 177 Å². The Balaban J connectivity index is 2.18. The fourth-order valence-corrected chi connectivity index (χ4v) is 5.19. The lowest BCUT2D eigenvalue weighted by molar-refractivity contribution is 0.102. The van der Waals surface area contributed by atoms with Gasteiger partial charge in [-0.1, -0.05) is 36.4 Å². The fourth-order valence-electron chi connectivity index (χ4n) is 3.47. The van der Waals surface area contributed by atoms with E-state index in [0.29, 0.717) is 24.3 Å². The highest BCUT2D eigenvalue weighted by atomic mass is 32.2. The molecule has 0 saturated heterocycles. The van der Waals surface area contributed by atoms with Gasteiger partial charge in [0.05, 0.1) is 11.5 Å². The zero-order chi connectivity index (χ0) is 21.9. The van der Waals surface area contributed by atoms with Gasteiger partial charge in [-0.15, -0.1) is 0 Å². The lowest BCUT2D eigenvalue weighted by Gasteiger charge is -2.15. The van der Waals surface area contributed by atoms with Gasteiger partial charge in [-0.2, -0.15) is 0 Å². The average molecular weight is 427 g/mol. The van der Waals surface area contributed by atoms with E-state index in [9.17, 15) is 13.2 Å². The second kappa shape index (κ2) is 8.85. The van der Waals surface area contributed by atoms with Crippen LogP contribution in [-0.2, 0) is 21.1 Å². The van der Waals surface area contributed by atoms with Crippen molar-refractivity contribution in [1.82, 2.24) is 4.57 Å². The first-order chi connectivity index (χ1) is 14.3. The van der Waals surface area contributed by atoms with E-state index < -0.39 is 9.84 Å². The molecule has 3 aromatic rings. The first-order valence-corrected chi connectivity index (χ1v) is 11.1. The summed E-state index contributed by atoms with van der Waals surface area (Å²) in [5.74, 6) is -0.0899. The van der Waals surface area contributed by atoms with Crippen molar-refractivity contribution in [3.8, 4) is 0 Å². The van der Waals surface area contributed by atoms with Crippen molar-refractivity contribution in [3.63, 3.8) is 0 Å². The Morgan fingerprint density at radius 2 is 1.63 bits per heavy atom. The number of aromatic nitrogens is 1. The number of sulfone groups is 1. The van der Waals surface area contributed by atoms with Gasteiger partial charge < -0.3 is 14.6 Å². The number of aryl methyl sites for hydroxylation is 1. The number of ether oxygens (including phenoxy) is 1. The molecule has 0 radical (unpaired) electrons. The lowest BCUT2D eigenvalue weighted by atomic mass is 10.1. The first kappa shape index (κ1) is 21.8. The number of nitrogens with one attached hydrogen (secondary N) is 1.